The lowest BCUT2D eigenvalue weighted by molar-refractivity contribution is 0.0697. The van der Waals surface area contributed by atoms with Crippen LogP contribution in [0.3, 0.4) is 0 Å². The summed E-state index contributed by atoms with van der Waals surface area (Å²) < 4.78 is 4.67. The number of hydrogen-bond acceptors (Lipinski definition) is 3. The van der Waals surface area contributed by atoms with Crippen molar-refractivity contribution in [3.8, 4) is 28.2 Å². The summed E-state index contributed by atoms with van der Waals surface area (Å²) in [5.74, 6) is 1.07. The molecule has 6 rings (SSSR count). The standard InChI is InChI=1S/C39H42N4O2/c1-5-7-9-12-23-42-35-22-19-26(3)24-33(35)41-38(42)28-20-21-32-36(25-28)43(37(40-32)18-8-6-2)34-17-13-16-29(27(34)4)30-14-10-11-15-31(30)39(44)45/h10-11,13-17,19-22,24-25H,5-9,12,18,23H2,1-4H3,(H,44,45). The number of aromatic nitrogens is 4. The minimum atomic E-state index is -0.926. The first-order chi connectivity index (χ1) is 21.9. The van der Waals surface area contributed by atoms with Crippen LogP contribution in [0.2, 0.25) is 0 Å². The highest BCUT2D eigenvalue weighted by Crippen LogP contribution is 2.35. The number of hydrogen-bond donors (Lipinski definition) is 1. The third kappa shape index (κ3) is 5.89. The van der Waals surface area contributed by atoms with E-state index in [1.807, 2.05) is 24.3 Å². The van der Waals surface area contributed by atoms with Gasteiger partial charge in [0.25, 0.3) is 0 Å². The monoisotopic (exact) mass is 598 g/mol. The Hall–Kier alpha value is -4.71. The molecule has 2 heterocycles. The van der Waals surface area contributed by atoms with Crippen molar-refractivity contribution in [3.05, 3.63) is 101 Å². The Morgan fingerprint density at radius 3 is 2.36 bits per heavy atom. The van der Waals surface area contributed by atoms with Crippen molar-refractivity contribution < 1.29 is 9.90 Å². The highest BCUT2D eigenvalue weighted by atomic mass is 16.4. The number of carbonyl (C=O) groups is 1. The third-order valence-electron chi connectivity index (χ3n) is 8.87. The largest absolute Gasteiger partial charge is 0.478 e. The number of nitrogens with zero attached hydrogens (tertiary/aromatic N) is 4. The van der Waals surface area contributed by atoms with Gasteiger partial charge in [-0.05, 0) is 91.4 Å². The highest BCUT2D eigenvalue weighted by molar-refractivity contribution is 5.97. The Bertz CT molecular complexity index is 2000. The van der Waals surface area contributed by atoms with Gasteiger partial charge in [-0.2, -0.15) is 0 Å². The van der Waals surface area contributed by atoms with E-state index >= 15 is 0 Å². The lowest BCUT2D eigenvalue weighted by atomic mass is 9.95. The van der Waals surface area contributed by atoms with Crippen LogP contribution < -0.4 is 0 Å². The fourth-order valence-electron chi connectivity index (χ4n) is 6.48. The molecule has 0 radical (unpaired) electrons. The van der Waals surface area contributed by atoms with Crippen LogP contribution in [-0.4, -0.2) is 30.2 Å². The van der Waals surface area contributed by atoms with Crippen LogP contribution in [0.4, 0.5) is 0 Å². The van der Waals surface area contributed by atoms with E-state index in [0.717, 1.165) is 88.4 Å². The molecule has 45 heavy (non-hydrogen) atoms. The number of fused-ring (bicyclic) bond motifs is 2. The van der Waals surface area contributed by atoms with Crippen molar-refractivity contribution in [1.82, 2.24) is 19.1 Å². The maximum absolute atomic E-state index is 12.1. The average molecular weight is 599 g/mol. The summed E-state index contributed by atoms with van der Waals surface area (Å²) in [5, 5.41) is 9.94. The fourth-order valence-corrected chi connectivity index (χ4v) is 6.48. The molecule has 0 saturated carbocycles. The Labute approximate surface area is 265 Å². The van der Waals surface area contributed by atoms with E-state index in [9.17, 15) is 9.90 Å². The zero-order valence-corrected chi connectivity index (χ0v) is 26.8. The minimum absolute atomic E-state index is 0.301. The molecular formula is C39H42N4O2. The number of imidazole rings is 2. The molecule has 4 aromatic carbocycles. The number of carboxylic acids is 1. The summed E-state index contributed by atoms with van der Waals surface area (Å²) in [6, 6.07) is 26.5. The fraction of sp³-hybridized carbons (Fsp3) is 0.308. The summed E-state index contributed by atoms with van der Waals surface area (Å²) in [6.07, 6.45) is 7.72. The van der Waals surface area contributed by atoms with Gasteiger partial charge >= 0.3 is 5.97 Å². The normalized spacial score (nSPS) is 11.6. The van der Waals surface area contributed by atoms with E-state index in [-0.39, 0.29) is 0 Å². The first-order valence-electron chi connectivity index (χ1n) is 16.3. The second-order valence-corrected chi connectivity index (χ2v) is 12.1. The van der Waals surface area contributed by atoms with E-state index in [0.29, 0.717) is 5.56 Å². The van der Waals surface area contributed by atoms with Gasteiger partial charge < -0.3 is 9.67 Å². The summed E-state index contributed by atoms with van der Waals surface area (Å²) in [5.41, 5.74) is 10.4. The number of benzene rings is 4. The first kappa shape index (κ1) is 30.3. The molecule has 0 bridgehead atoms. The topological polar surface area (TPSA) is 72.9 Å². The molecule has 0 amide bonds. The van der Waals surface area contributed by atoms with Gasteiger partial charge in [-0.3, -0.25) is 4.57 Å². The molecule has 0 atom stereocenters. The summed E-state index contributed by atoms with van der Waals surface area (Å²) >= 11 is 0. The Balaban J connectivity index is 1.54. The molecule has 230 valence electrons. The molecular weight excluding hydrogens is 556 g/mol. The van der Waals surface area contributed by atoms with E-state index in [1.165, 1.54) is 30.3 Å². The molecule has 0 saturated heterocycles. The molecule has 0 unspecified atom stereocenters. The van der Waals surface area contributed by atoms with Crippen LogP contribution in [0.1, 0.15) is 79.7 Å². The van der Waals surface area contributed by atoms with Crippen molar-refractivity contribution in [2.24, 2.45) is 0 Å². The molecule has 6 heteroatoms. The van der Waals surface area contributed by atoms with Crippen LogP contribution in [-0.2, 0) is 13.0 Å². The zero-order chi connectivity index (χ0) is 31.5. The molecule has 0 fully saturated rings. The molecule has 0 spiro atoms. The quantitative estimate of drug-likeness (QED) is 0.142. The van der Waals surface area contributed by atoms with Crippen LogP contribution in [0.5, 0.6) is 0 Å². The maximum Gasteiger partial charge on any atom is 0.336 e. The van der Waals surface area contributed by atoms with E-state index in [4.69, 9.17) is 9.97 Å². The molecule has 2 aromatic heterocycles. The Kier molecular flexibility index (Phi) is 8.83. The lowest BCUT2D eigenvalue weighted by Gasteiger charge is -2.17. The van der Waals surface area contributed by atoms with Crippen molar-refractivity contribution in [2.45, 2.75) is 79.2 Å². The molecule has 6 aromatic rings. The van der Waals surface area contributed by atoms with E-state index < -0.39 is 5.97 Å². The summed E-state index contributed by atoms with van der Waals surface area (Å²) in [7, 11) is 0. The molecule has 6 nitrogen and oxygen atoms in total. The Morgan fingerprint density at radius 2 is 1.56 bits per heavy atom. The SMILES string of the molecule is CCCCCCn1c(-c2ccc3nc(CCCC)n(-c4cccc(-c5ccccc5C(=O)O)c4C)c3c2)nc2cc(C)ccc21. The molecule has 0 aliphatic carbocycles. The maximum atomic E-state index is 12.1. The van der Waals surface area contributed by atoms with Crippen molar-refractivity contribution >= 4 is 28.0 Å². The number of aromatic carboxylic acids is 1. The summed E-state index contributed by atoms with van der Waals surface area (Å²) in [4.78, 5) is 22.4. The van der Waals surface area contributed by atoms with Gasteiger partial charge in [-0.15, -0.1) is 0 Å². The average Bonchev–Trinajstić information content (AvgIpc) is 3.59. The minimum Gasteiger partial charge on any atom is -0.478 e. The lowest BCUT2D eigenvalue weighted by Crippen LogP contribution is -2.06. The molecule has 0 aliphatic heterocycles. The molecule has 0 aliphatic rings. The zero-order valence-electron chi connectivity index (χ0n) is 26.8. The van der Waals surface area contributed by atoms with Crippen molar-refractivity contribution in [2.75, 3.05) is 0 Å². The van der Waals surface area contributed by atoms with Gasteiger partial charge in [-0.25, -0.2) is 14.8 Å². The van der Waals surface area contributed by atoms with Gasteiger partial charge in [0.05, 0.1) is 33.3 Å². The van der Waals surface area contributed by atoms with Crippen molar-refractivity contribution in [3.63, 3.8) is 0 Å². The predicted molar refractivity (Wildman–Crippen MR) is 184 cm³/mol. The van der Waals surface area contributed by atoms with Gasteiger partial charge in [0.1, 0.15) is 11.6 Å². The van der Waals surface area contributed by atoms with E-state index in [2.05, 4.69) is 79.3 Å². The Morgan fingerprint density at radius 1 is 0.756 bits per heavy atom. The summed E-state index contributed by atoms with van der Waals surface area (Å²) in [6.45, 7) is 9.58. The number of unbranched alkanes of at least 4 members (excludes halogenated alkanes) is 4. The second kappa shape index (κ2) is 13.1. The van der Waals surface area contributed by atoms with Crippen LogP contribution in [0.15, 0.2) is 78.9 Å². The van der Waals surface area contributed by atoms with Gasteiger partial charge in [0.15, 0.2) is 0 Å². The van der Waals surface area contributed by atoms with Gasteiger partial charge in [0, 0.05) is 18.5 Å². The number of aryl methyl sites for hydroxylation is 3. The molecule has 1 N–H and O–H groups in total. The van der Waals surface area contributed by atoms with Crippen molar-refractivity contribution in [1.29, 1.82) is 0 Å². The van der Waals surface area contributed by atoms with Gasteiger partial charge in [0.2, 0.25) is 0 Å². The second-order valence-electron chi connectivity index (χ2n) is 12.1. The van der Waals surface area contributed by atoms with Crippen LogP contribution in [0.25, 0.3) is 50.3 Å². The van der Waals surface area contributed by atoms with Crippen LogP contribution >= 0.6 is 0 Å². The third-order valence-corrected chi connectivity index (χ3v) is 8.87. The predicted octanol–water partition coefficient (Wildman–Crippen LogP) is 9.95. The van der Waals surface area contributed by atoms with Gasteiger partial charge in [-0.1, -0.05) is 75.9 Å². The number of carboxylic acid groups (broad SMARTS) is 1. The smallest absolute Gasteiger partial charge is 0.336 e. The number of rotatable bonds is 12. The van der Waals surface area contributed by atoms with Crippen LogP contribution in [0, 0.1) is 13.8 Å². The van der Waals surface area contributed by atoms with E-state index in [1.54, 1.807) is 12.1 Å². The highest BCUT2D eigenvalue weighted by Gasteiger charge is 2.20. The first-order valence-corrected chi connectivity index (χ1v) is 16.3.